The molecule has 1 aliphatic heterocycles. The minimum absolute atomic E-state index is 0.0829. The fraction of sp³-hybridized carbons (Fsp3) is 0.235. The first-order chi connectivity index (χ1) is 10.2. The Balaban J connectivity index is 1.83. The van der Waals surface area contributed by atoms with Crippen molar-refractivity contribution in [1.82, 2.24) is 5.32 Å². The summed E-state index contributed by atoms with van der Waals surface area (Å²) in [7, 11) is 0. The molecular weight excluding hydrogens is 262 g/mol. The van der Waals surface area contributed by atoms with Crippen molar-refractivity contribution in [2.24, 2.45) is 0 Å². The number of nitrogens with zero attached hydrogens (tertiary/aromatic N) is 1. The molecule has 0 spiro atoms. The van der Waals surface area contributed by atoms with E-state index in [-0.39, 0.29) is 5.91 Å². The van der Waals surface area contributed by atoms with E-state index in [0.29, 0.717) is 17.8 Å². The Bertz CT molecular complexity index is 656. The Morgan fingerprint density at radius 2 is 1.86 bits per heavy atom. The second-order valence-corrected chi connectivity index (χ2v) is 5.26. The predicted octanol–water partition coefficient (Wildman–Crippen LogP) is 2.54. The molecule has 2 aromatic carbocycles. The van der Waals surface area contributed by atoms with Crippen molar-refractivity contribution in [3.8, 4) is 0 Å². The van der Waals surface area contributed by atoms with Gasteiger partial charge in [-0.15, -0.1) is 0 Å². The maximum atomic E-state index is 11.8. The molecule has 3 rings (SSSR count). The molecule has 21 heavy (non-hydrogen) atoms. The minimum Gasteiger partial charge on any atom is -0.397 e. The summed E-state index contributed by atoms with van der Waals surface area (Å²) in [5.41, 5.74) is 11.1. The van der Waals surface area contributed by atoms with Gasteiger partial charge in [-0.3, -0.25) is 4.79 Å². The molecule has 1 aliphatic rings. The quantitative estimate of drug-likeness (QED) is 0.850. The topological polar surface area (TPSA) is 58.4 Å². The maximum absolute atomic E-state index is 11.8. The number of fused-ring (bicyclic) bond motifs is 1. The monoisotopic (exact) mass is 281 g/mol. The zero-order valence-corrected chi connectivity index (χ0v) is 12.1. The molecule has 4 nitrogen and oxygen atoms in total. The van der Waals surface area contributed by atoms with Gasteiger partial charge in [0.15, 0.2) is 0 Å². The molecule has 0 saturated heterocycles. The number of hydrogen-bond acceptors (Lipinski definition) is 3. The van der Waals surface area contributed by atoms with Crippen LogP contribution in [0.4, 0.5) is 11.4 Å². The second-order valence-electron chi connectivity index (χ2n) is 5.26. The fourth-order valence-electron chi connectivity index (χ4n) is 2.75. The summed E-state index contributed by atoms with van der Waals surface area (Å²) in [5.74, 6) is -0.0829. The molecule has 0 atom stereocenters. The van der Waals surface area contributed by atoms with Crippen LogP contribution in [-0.2, 0) is 13.1 Å². The molecule has 108 valence electrons. The van der Waals surface area contributed by atoms with E-state index in [1.54, 1.807) is 6.07 Å². The fourth-order valence-corrected chi connectivity index (χ4v) is 2.75. The number of carbonyl (C=O) groups is 1. The summed E-state index contributed by atoms with van der Waals surface area (Å²) in [5, 5.41) is 2.78. The van der Waals surface area contributed by atoms with Gasteiger partial charge in [-0.1, -0.05) is 24.3 Å². The van der Waals surface area contributed by atoms with Crippen LogP contribution in [0.25, 0.3) is 0 Å². The number of nitrogens with two attached hydrogens (primary N) is 1. The van der Waals surface area contributed by atoms with E-state index in [1.165, 1.54) is 11.1 Å². The van der Waals surface area contributed by atoms with E-state index < -0.39 is 0 Å². The molecular formula is C17H19N3O. The number of amides is 1. The second kappa shape index (κ2) is 5.48. The van der Waals surface area contributed by atoms with E-state index in [1.807, 2.05) is 19.1 Å². The number of hydrogen-bond donors (Lipinski definition) is 2. The van der Waals surface area contributed by atoms with E-state index in [0.717, 1.165) is 18.8 Å². The first-order valence-electron chi connectivity index (χ1n) is 7.18. The molecule has 2 aromatic rings. The van der Waals surface area contributed by atoms with Crippen LogP contribution in [0.2, 0.25) is 0 Å². The molecule has 1 amide bonds. The van der Waals surface area contributed by atoms with Gasteiger partial charge in [-0.05, 0) is 36.2 Å². The third kappa shape index (κ3) is 2.57. The van der Waals surface area contributed by atoms with Gasteiger partial charge >= 0.3 is 0 Å². The summed E-state index contributed by atoms with van der Waals surface area (Å²) < 4.78 is 0. The van der Waals surface area contributed by atoms with Crippen LogP contribution in [-0.4, -0.2) is 12.5 Å². The first-order valence-corrected chi connectivity index (χ1v) is 7.18. The predicted molar refractivity (Wildman–Crippen MR) is 85.2 cm³/mol. The minimum atomic E-state index is -0.0829. The highest BCUT2D eigenvalue weighted by molar-refractivity contribution is 5.96. The first kappa shape index (κ1) is 13.5. The number of rotatable bonds is 3. The zero-order chi connectivity index (χ0) is 14.8. The summed E-state index contributed by atoms with van der Waals surface area (Å²) in [4.78, 5) is 14.1. The molecule has 0 bridgehead atoms. The zero-order valence-electron chi connectivity index (χ0n) is 12.1. The molecule has 0 aromatic heterocycles. The molecule has 0 radical (unpaired) electrons. The molecule has 0 unspecified atom stereocenters. The smallest absolute Gasteiger partial charge is 0.251 e. The lowest BCUT2D eigenvalue weighted by Crippen LogP contribution is -2.23. The van der Waals surface area contributed by atoms with Crippen LogP contribution < -0.4 is 16.0 Å². The molecule has 0 saturated carbocycles. The Hall–Kier alpha value is -2.49. The SMILES string of the molecule is CCNC(=O)c1ccc(N2Cc3ccccc3C2)c(N)c1. The van der Waals surface area contributed by atoms with Crippen molar-refractivity contribution in [3.05, 3.63) is 59.2 Å². The van der Waals surface area contributed by atoms with Crippen molar-refractivity contribution in [2.45, 2.75) is 20.0 Å². The van der Waals surface area contributed by atoms with E-state index >= 15 is 0 Å². The Labute approximate surface area is 124 Å². The summed E-state index contributed by atoms with van der Waals surface area (Å²) >= 11 is 0. The van der Waals surface area contributed by atoms with Gasteiger partial charge in [-0.25, -0.2) is 0 Å². The van der Waals surface area contributed by atoms with Crippen LogP contribution in [0.3, 0.4) is 0 Å². The van der Waals surface area contributed by atoms with Gasteiger partial charge in [0.05, 0.1) is 11.4 Å². The third-order valence-electron chi connectivity index (χ3n) is 3.81. The average molecular weight is 281 g/mol. The van der Waals surface area contributed by atoms with Crippen molar-refractivity contribution in [3.63, 3.8) is 0 Å². The van der Waals surface area contributed by atoms with Crippen LogP contribution >= 0.6 is 0 Å². The average Bonchev–Trinajstić information content (AvgIpc) is 2.90. The number of anilines is 2. The van der Waals surface area contributed by atoms with Crippen LogP contribution in [0.15, 0.2) is 42.5 Å². The number of carbonyl (C=O) groups excluding carboxylic acids is 1. The highest BCUT2D eigenvalue weighted by Gasteiger charge is 2.20. The standard InChI is InChI=1S/C17H19N3O/c1-2-19-17(21)12-7-8-16(15(18)9-12)20-10-13-5-3-4-6-14(13)11-20/h3-9H,2,10-11,18H2,1H3,(H,19,21). The number of nitrogens with one attached hydrogen (secondary N) is 1. The highest BCUT2D eigenvalue weighted by Crippen LogP contribution is 2.32. The molecule has 0 fully saturated rings. The summed E-state index contributed by atoms with van der Waals surface area (Å²) in [6, 6.07) is 13.9. The number of benzene rings is 2. The van der Waals surface area contributed by atoms with Gasteiger partial charge in [0.25, 0.3) is 5.91 Å². The Morgan fingerprint density at radius 1 is 1.19 bits per heavy atom. The lowest BCUT2D eigenvalue weighted by molar-refractivity contribution is 0.0956. The number of nitrogen functional groups attached to an aromatic ring is 1. The van der Waals surface area contributed by atoms with Gasteiger partial charge in [-0.2, -0.15) is 0 Å². The lowest BCUT2D eigenvalue weighted by atomic mass is 10.1. The van der Waals surface area contributed by atoms with Crippen molar-refractivity contribution < 1.29 is 4.79 Å². The Kier molecular flexibility index (Phi) is 3.52. The molecule has 4 heteroatoms. The Morgan fingerprint density at radius 3 is 2.43 bits per heavy atom. The lowest BCUT2D eigenvalue weighted by Gasteiger charge is -2.20. The third-order valence-corrected chi connectivity index (χ3v) is 3.81. The summed E-state index contributed by atoms with van der Waals surface area (Å²) in [6.07, 6.45) is 0. The highest BCUT2D eigenvalue weighted by atomic mass is 16.1. The summed E-state index contributed by atoms with van der Waals surface area (Å²) in [6.45, 7) is 4.24. The van der Waals surface area contributed by atoms with Crippen molar-refractivity contribution in [1.29, 1.82) is 0 Å². The van der Waals surface area contributed by atoms with Crippen LogP contribution in [0.5, 0.6) is 0 Å². The van der Waals surface area contributed by atoms with Gasteiger partial charge in [0, 0.05) is 25.2 Å². The molecule has 0 aliphatic carbocycles. The van der Waals surface area contributed by atoms with Gasteiger partial charge in [0.1, 0.15) is 0 Å². The molecule has 3 N–H and O–H groups in total. The van der Waals surface area contributed by atoms with Gasteiger partial charge < -0.3 is 16.0 Å². The normalized spacial score (nSPS) is 13.1. The van der Waals surface area contributed by atoms with Crippen molar-refractivity contribution in [2.75, 3.05) is 17.2 Å². The van der Waals surface area contributed by atoms with Crippen LogP contribution in [0, 0.1) is 0 Å². The largest absolute Gasteiger partial charge is 0.397 e. The van der Waals surface area contributed by atoms with Crippen molar-refractivity contribution >= 4 is 17.3 Å². The van der Waals surface area contributed by atoms with Crippen LogP contribution in [0.1, 0.15) is 28.4 Å². The van der Waals surface area contributed by atoms with E-state index in [9.17, 15) is 4.79 Å². The van der Waals surface area contributed by atoms with Gasteiger partial charge in [0.2, 0.25) is 0 Å². The van der Waals surface area contributed by atoms with E-state index in [2.05, 4.69) is 34.5 Å². The van der Waals surface area contributed by atoms with E-state index in [4.69, 9.17) is 5.73 Å². The maximum Gasteiger partial charge on any atom is 0.251 e. The molecule has 1 heterocycles.